The first kappa shape index (κ1) is 30.1. The van der Waals surface area contributed by atoms with E-state index in [1.807, 2.05) is 30.3 Å². The van der Waals surface area contributed by atoms with Crippen molar-refractivity contribution in [3.8, 4) is 0 Å². The molecule has 5 N–H and O–H groups in total. The highest BCUT2D eigenvalue weighted by atomic mass is 16.7. The number of carbonyl (C=O) groups is 3. The number of nitrogens with zero attached hydrogens (tertiary/aromatic N) is 2. The third-order valence-corrected chi connectivity index (χ3v) is 4.59. The van der Waals surface area contributed by atoms with Crippen LogP contribution in [-0.4, -0.2) is 53.2 Å². The topological polar surface area (TPSA) is 187 Å². The molecule has 200 valence electrons. The van der Waals surface area contributed by atoms with Crippen molar-refractivity contribution in [1.29, 1.82) is 0 Å². The molecular weight excluding hydrogens is 472 g/mol. The maximum absolute atomic E-state index is 13.1. The number of guanidine groups is 1. The average Bonchev–Trinajstić information content (AvgIpc) is 2.76. The highest BCUT2D eigenvalue weighted by molar-refractivity contribution is 5.89. The Labute approximate surface area is 210 Å². The summed E-state index contributed by atoms with van der Waals surface area (Å²) in [6, 6.07) is 7.09. The fraction of sp³-hybridized carbons (Fsp3) is 0.565. The molecule has 0 saturated carbocycles. The molecule has 1 aromatic rings. The number of alkyl carbamates (subject to hydrolysis) is 1. The minimum atomic E-state index is -1.07. The van der Waals surface area contributed by atoms with Gasteiger partial charge in [0.05, 0.1) is 0 Å². The van der Waals surface area contributed by atoms with Gasteiger partial charge in [-0.2, -0.15) is 0 Å². The number of amides is 2. The van der Waals surface area contributed by atoms with E-state index >= 15 is 0 Å². The van der Waals surface area contributed by atoms with Crippen LogP contribution in [0.2, 0.25) is 0 Å². The molecule has 0 aliphatic heterocycles. The Bertz CT molecular complexity index is 915. The van der Waals surface area contributed by atoms with E-state index in [0.29, 0.717) is 0 Å². The molecule has 36 heavy (non-hydrogen) atoms. The lowest BCUT2D eigenvalue weighted by molar-refractivity contribution is -0.525. The first-order chi connectivity index (χ1) is 16.8. The van der Waals surface area contributed by atoms with Crippen molar-refractivity contribution in [3.63, 3.8) is 0 Å². The first-order valence-corrected chi connectivity index (χ1v) is 11.5. The predicted octanol–water partition coefficient (Wildman–Crippen LogP) is 1.64. The van der Waals surface area contributed by atoms with E-state index in [1.165, 1.54) is 0 Å². The number of hydrazine groups is 1. The third kappa shape index (κ3) is 12.5. The van der Waals surface area contributed by atoms with Crippen molar-refractivity contribution in [2.24, 2.45) is 16.6 Å². The summed E-state index contributed by atoms with van der Waals surface area (Å²) in [5.74, 6) is -1.91. The maximum atomic E-state index is 13.1. The fourth-order valence-electron chi connectivity index (χ4n) is 2.91. The summed E-state index contributed by atoms with van der Waals surface area (Å²) in [6.07, 6.45) is -0.461. The van der Waals surface area contributed by atoms with Crippen molar-refractivity contribution < 1.29 is 28.9 Å². The van der Waals surface area contributed by atoms with E-state index in [4.69, 9.17) is 15.2 Å². The summed E-state index contributed by atoms with van der Waals surface area (Å²) in [6.45, 7) is 8.65. The zero-order valence-corrected chi connectivity index (χ0v) is 21.3. The SMILES string of the molecule is CC(C)[C@H](NC(=O)[C@H](CCCN=C(N)N[N+](=O)[O-])NC(=O)OC(C)(C)C)C(=O)OCc1ccccc1. The van der Waals surface area contributed by atoms with E-state index in [1.54, 1.807) is 40.0 Å². The van der Waals surface area contributed by atoms with Crippen LogP contribution in [0.5, 0.6) is 0 Å². The molecule has 0 aromatic heterocycles. The third-order valence-electron chi connectivity index (χ3n) is 4.59. The van der Waals surface area contributed by atoms with E-state index in [-0.39, 0.29) is 37.9 Å². The predicted molar refractivity (Wildman–Crippen MR) is 132 cm³/mol. The number of rotatable bonds is 12. The van der Waals surface area contributed by atoms with Crippen LogP contribution >= 0.6 is 0 Å². The number of aliphatic imine (C=N–C) groups is 1. The molecular formula is C23H36N6O7. The van der Waals surface area contributed by atoms with E-state index in [2.05, 4.69) is 15.6 Å². The molecule has 0 spiro atoms. The second kappa shape index (κ2) is 14.5. The van der Waals surface area contributed by atoms with Crippen LogP contribution in [0.3, 0.4) is 0 Å². The average molecular weight is 509 g/mol. The Morgan fingerprint density at radius 3 is 2.33 bits per heavy atom. The second-order valence-corrected chi connectivity index (χ2v) is 9.30. The van der Waals surface area contributed by atoms with Crippen molar-refractivity contribution in [1.82, 2.24) is 16.1 Å². The molecule has 13 heteroatoms. The van der Waals surface area contributed by atoms with Crippen molar-refractivity contribution in [2.45, 2.75) is 71.8 Å². The highest BCUT2D eigenvalue weighted by Crippen LogP contribution is 2.11. The van der Waals surface area contributed by atoms with Crippen molar-refractivity contribution in [2.75, 3.05) is 6.54 Å². The summed E-state index contributed by atoms with van der Waals surface area (Å²) in [4.78, 5) is 52.3. The van der Waals surface area contributed by atoms with Gasteiger partial charge in [0.2, 0.25) is 5.91 Å². The van der Waals surface area contributed by atoms with Gasteiger partial charge in [-0.15, -0.1) is 0 Å². The fourth-order valence-corrected chi connectivity index (χ4v) is 2.91. The lowest BCUT2D eigenvalue weighted by atomic mass is 10.0. The Hall–Kier alpha value is -3.90. The minimum Gasteiger partial charge on any atom is -0.459 e. The first-order valence-electron chi connectivity index (χ1n) is 11.5. The molecule has 0 bridgehead atoms. The van der Waals surface area contributed by atoms with Gasteiger partial charge < -0.3 is 25.8 Å². The number of hydrogen-bond donors (Lipinski definition) is 4. The molecule has 0 heterocycles. The number of nitrogens with two attached hydrogens (primary N) is 1. The van der Waals surface area contributed by atoms with Gasteiger partial charge >= 0.3 is 12.1 Å². The molecule has 0 fully saturated rings. The van der Waals surface area contributed by atoms with Crippen LogP contribution in [0.25, 0.3) is 0 Å². The number of hydrogen-bond acceptors (Lipinski definition) is 8. The van der Waals surface area contributed by atoms with Gasteiger partial charge in [-0.05, 0) is 45.1 Å². The van der Waals surface area contributed by atoms with Crippen LogP contribution in [-0.2, 0) is 25.7 Å². The molecule has 1 aromatic carbocycles. The van der Waals surface area contributed by atoms with Crippen LogP contribution in [0.15, 0.2) is 35.3 Å². The second-order valence-electron chi connectivity index (χ2n) is 9.30. The summed E-state index contributed by atoms with van der Waals surface area (Å²) in [5, 5.41) is 14.7. The van der Waals surface area contributed by atoms with Gasteiger partial charge in [-0.25, -0.2) is 24.7 Å². The molecule has 0 aliphatic rings. The van der Waals surface area contributed by atoms with Crippen LogP contribution < -0.4 is 21.8 Å². The van der Waals surface area contributed by atoms with Crippen LogP contribution in [0, 0.1) is 16.0 Å². The summed E-state index contributed by atoms with van der Waals surface area (Å²) < 4.78 is 10.6. The lowest BCUT2D eigenvalue weighted by Crippen LogP contribution is -2.54. The largest absolute Gasteiger partial charge is 0.459 e. The number of nitrogens with one attached hydrogen (secondary N) is 3. The molecule has 2 amide bonds. The van der Waals surface area contributed by atoms with Gasteiger partial charge in [0.15, 0.2) is 5.03 Å². The molecule has 1 rings (SSSR count). The Balaban J connectivity index is 2.86. The van der Waals surface area contributed by atoms with Gasteiger partial charge in [0.1, 0.15) is 24.3 Å². The molecule has 2 atom stereocenters. The normalized spacial score (nSPS) is 13.3. The van der Waals surface area contributed by atoms with E-state index < -0.39 is 40.7 Å². The molecule has 0 saturated heterocycles. The maximum Gasteiger partial charge on any atom is 0.408 e. The Morgan fingerprint density at radius 2 is 1.78 bits per heavy atom. The van der Waals surface area contributed by atoms with Gasteiger partial charge in [-0.3, -0.25) is 4.79 Å². The number of benzene rings is 1. The monoisotopic (exact) mass is 508 g/mol. The minimum absolute atomic E-state index is 0.0515. The van der Waals surface area contributed by atoms with Gasteiger partial charge in [0, 0.05) is 6.54 Å². The quantitative estimate of drug-likeness (QED) is 0.0812. The van der Waals surface area contributed by atoms with Gasteiger partial charge in [-0.1, -0.05) is 49.6 Å². The molecule has 0 radical (unpaired) electrons. The molecule has 0 unspecified atom stereocenters. The van der Waals surface area contributed by atoms with Crippen molar-refractivity contribution >= 4 is 23.9 Å². The zero-order valence-electron chi connectivity index (χ0n) is 21.3. The smallest absolute Gasteiger partial charge is 0.408 e. The number of nitro groups is 1. The van der Waals surface area contributed by atoms with Gasteiger partial charge in [0.25, 0.3) is 5.96 Å². The molecule has 0 aliphatic carbocycles. The number of esters is 1. The Morgan fingerprint density at radius 1 is 1.14 bits per heavy atom. The Kier molecular flexibility index (Phi) is 12.1. The summed E-state index contributed by atoms with van der Waals surface area (Å²) in [5.41, 5.74) is 7.11. The molecule has 13 nitrogen and oxygen atoms in total. The standard InChI is InChI=1S/C23H36N6O7/c1-15(2)18(20(31)35-14-16-10-7-6-8-11-16)27-19(30)17(26-22(32)36-23(3,4)5)12-9-13-25-21(24)28-29(33)34/h6-8,10-11,15,17-18H,9,12-14H2,1-5H3,(H,26,32)(H,27,30)(H3,24,25,28)/t17-,18-/m0/s1. The van der Waals surface area contributed by atoms with E-state index in [0.717, 1.165) is 5.56 Å². The van der Waals surface area contributed by atoms with Crippen LogP contribution in [0.1, 0.15) is 53.0 Å². The summed E-state index contributed by atoms with van der Waals surface area (Å²) in [7, 11) is 0. The van der Waals surface area contributed by atoms with Crippen LogP contribution in [0.4, 0.5) is 4.79 Å². The number of ether oxygens (including phenoxy) is 2. The lowest BCUT2D eigenvalue weighted by Gasteiger charge is -2.26. The zero-order chi connectivity index (χ0) is 27.3. The van der Waals surface area contributed by atoms with E-state index in [9.17, 15) is 24.5 Å². The summed E-state index contributed by atoms with van der Waals surface area (Å²) >= 11 is 0. The van der Waals surface area contributed by atoms with Crippen molar-refractivity contribution in [3.05, 3.63) is 46.0 Å². The highest BCUT2D eigenvalue weighted by Gasteiger charge is 2.30. The number of carbonyl (C=O) groups excluding carboxylic acids is 3.